The third kappa shape index (κ3) is 2.94. The summed E-state index contributed by atoms with van der Waals surface area (Å²) in [6, 6.07) is 8.33. The number of phenols is 1. The number of aromatic nitrogens is 3. The fourth-order valence-electron chi connectivity index (χ4n) is 2.18. The Bertz CT molecular complexity index is 861. The van der Waals surface area contributed by atoms with Gasteiger partial charge in [0.25, 0.3) is 0 Å². The van der Waals surface area contributed by atoms with Crippen LogP contribution in [-0.2, 0) is 6.18 Å². The molecule has 4 nitrogen and oxygen atoms in total. The highest BCUT2D eigenvalue weighted by molar-refractivity contribution is 9.10. The van der Waals surface area contributed by atoms with Gasteiger partial charge in [0.2, 0.25) is 0 Å². The van der Waals surface area contributed by atoms with Gasteiger partial charge < -0.3 is 5.11 Å². The lowest BCUT2D eigenvalue weighted by Crippen LogP contribution is -2.13. The van der Waals surface area contributed by atoms with Crippen LogP contribution in [0.1, 0.15) is 5.56 Å². The van der Waals surface area contributed by atoms with Crippen molar-refractivity contribution in [3.8, 4) is 22.8 Å². The molecule has 0 atom stereocenters. The zero-order valence-corrected chi connectivity index (χ0v) is 13.0. The van der Waals surface area contributed by atoms with Crippen molar-refractivity contribution in [2.24, 2.45) is 0 Å². The highest BCUT2D eigenvalue weighted by atomic mass is 79.9. The number of pyridine rings is 1. The van der Waals surface area contributed by atoms with Crippen molar-refractivity contribution >= 4 is 15.9 Å². The first-order valence-electron chi connectivity index (χ1n) is 6.43. The number of aromatic hydroxyl groups is 1. The number of phenolic OH excluding ortho intramolecular Hbond substituents is 1. The minimum absolute atomic E-state index is 0.0700. The SMILES string of the molecule is Oc1ccc(Br)cc1-c1ccnn1-c1ncccc1C(F)(F)F. The van der Waals surface area contributed by atoms with Gasteiger partial charge in [-0.1, -0.05) is 15.9 Å². The second-order valence-electron chi connectivity index (χ2n) is 4.66. The molecule has 0 aliphatic carbocycles. The van der Waals surface area contributed by atoms with Crippen molar-refractivity contribution in [1.82, 2.24) is 14.8 Å². The molecule has 0 bridgehead atoms. The highest BCUT2D eigenvalue weighted by Gasteiger charge is 2.35. The van der Waals surface area contributed by atoms with Crippen LogP contribution in [0.3, 0.4) is 0 Å². The summed E-state index contributed by atoms with van der Waals surface area (Å²) in [5.41, 5.74) is -0.261. The van der Waals surface area contributed by atoms with E-state index >= 15 is 0 Å². The van der Waals surface area contributed by atoms with Crippen LogP contribution in [0.4, 0.5) is 13.2 Å². The normalized spacial score (nSPS) is 11.7. The fraction of sp³-hybridized carbons (Fsp3) is 0.0667. The lowest BCUT2D eigenvalue weighted by atomic mass is 10.1. The molecule has 0 spiro atoms. The summed E-state index contributed by atoms with van der Waals surface area (Å²) < 4.78 is 41.3. The molecule has 0 radical (unpaired) electrons. The van der Waals surface area contributed by atoms with Crippen LogP contribution in [0, 0.1) is 0 Å². The van der Waals surface area contributed by atoms with Gasteiger partial charge in [0.05, 0.1) is 11.9 Å². The largest absolute Gasteiger partial charge is 0.507 e. The molecular weight excluding hydrogens is 375 g/mol. The first-order valence-corrected chi connectivity index (χ1v) is 7.23. The van der Waals surface area contributed by atoms with Crippen LogP contribution in [-0.4, -0.2) is 19.9 Å². The van der Waals surface area contributed by atoms with Gasteiger partial charge in [0.15, 0.2) is 5.82 Å². The van der Waals surface area contributed by atoms with E-state index in [1.165, 1.54) is 30.6 Å². The average molecular weight is 384 g/mol. The second kappa shape index (κ2) is 5.69. The van der Waals surface area contributed by atoms with Gasteiger partial charge in [0, 0.05) is 16.2 Å². The Morgan fingerprint density at radius 1 is 1.09 bits per heavy atom. The smallest absolute Gasteiger partial charge is 0.420 e. The number of alkyl halides is 3. The van der Waals surface area contributed by atoms with E-state index in [4.69, 9.17) is 0 Å². The molecule has 0 aliphatic rings. The number of benzene rings is 1. The summed E-state index contributed by atoms with van der Waals surface area (Å²) in [5.74, 6) is -0.418. The van der Waals surface area contributed by atoms with Gasteiger partial charge in [-0.15, -0.1) is 0 Å². The monoisotopic (exact) mass is 383 g/mol. The lowest BCUT2D eigenvalue weighted by Gasteiger charge is -2.14. The molecule has 8 heteroatoms. The van der Waals surface area contributed by atoms with Crippen LogP contribution < -0.4 is 0 Å². The zero-order chi connectivity index (χ0) is 16.6. The predicted molar refractivity (Wildman–Crippen MR) is 81.2 cm³/mol. The van der Waals surface area contributed by atoms with E-state index in [0.29, 0.717) is 15.7 Å². The Morgan fingerprint density at radius 3 is 2.61 bits per heavy atom. The molecule has 0 unspecified atom stereocenters. The third-order valence-corrected chi connectivity index (χ3v) is 3.66. The molecule has 0 saturated carbocycles. The van der Waals surface area contributed by atoms with Gasteiger partial charge in [-0.05, 0) is 36.4 Å². The van der Waals surface area contributed by atoms with E-state index in [2.05, 4.69) is 26.0 Å². The van der Waals surface area contributed by atoms with Crippen molar-refractivity contribution in [2.75, 3.05) is 0 Å². The number of hydrogen-bond acceptors (Lipinski definition) is 3. The maximum Gasteiger partial charge on any atom is 0.420 e. The van der Waals surface area contributed by atoms with Crippen LogP contribution in [0.15, 0.2) is 53.3 Å². The fourth-order valence-corrected chi connectivity index (χ4v) is 2.54. The molecule has 2 heterocycles. The zero-order valence-electron chi connectivity index (χ0n) is 11.4. The molecule has 0 aliphatic heterocycles. The second-order valence-corrected chi connectivity index (χ2v) is 5.58. The highest BCUT2D eigenvalue weighted by Crippen LogP contribution is 2.36. The Balaban J connectivity index is 2.22. The van der Waals surface area contributed by atoms with Crippen LogP contribution in [0.2, 0.25) is 0 Å². The molecule has 118 valence electrons. The summed E-state index contributed by atoms with van der Waals surface area (Å²) in [6.07, 6.45) is -1.95. The van der Waals surface area contributed by atoms with Gasteiger partial charge in [-0.3, -0.25) is 0 Å². The van der Waals surface area contributed by atoms with E-state index in [-0.39, 0.29) is 11.6 Å². The molecule has 3 aromatic rings. The Kier molecular flexibility index (Phi) is 3.85. The first kappa shape index (κ1) is 15.5. The quantitative estimate of drug-likeness (QED) is 0.712. The standard InChI is InChI=1S/C15H9BrF3N3O/c16-9-3-4-13(23)10(8-9)12-5-7-21-22(12)14-11(15(17,18)19)2-1-6-20-14/h1-8,23H. The molecule has 23 heavy (non-hydrogen) atoms. The summed E-state index contributed by atoms with van der Waals surface area (Å²) in [7, 11) is 0. The summed E-state index contributed by atoms with van der Waals surface area (Å²) in [4.78, 5) is 3.81. The van der Waals surface area contributed by atoms with Crippen LogP contribution in [0.5, 0.6) is 5.75 Å². The van der Waals surface area contributed by atoms with E-state index in [1.807, 2.05) is 0 Å². The molecule has 3 rings (SSSR count). The predicted octanol–water partition coefficient (Wildman–Crippen LogP) is 4.42. The summed E-state index contributed by atoms with van der Waals surface area (Å²) >= 11 is 3.27. The first-order chi connectivity index (χ1) is 10.9. The number of hydrogen-bond donors (Lipinski definition) is 1. The maximum absolute atomic E-state index is 13.2. The van der Waals surface area contributed by atoms with Crippen molar-refractivity contribution in [2.45, 2.75) is 6.18 Å². The van der Waals surface area contributed by atoms with Gasteiger partial charge in [-0.2, -0.15) is 18.3 Å². The van der Waals surface area contributed by atoms with E-state index in [0.717, 1.165) is 10.7 Å². The van der Waals surface area contributed by atoms with Gasteiger partial charge >= 0.3 is 6.18 Å². The topological polar surface area (TPSA) is 50.9 Å². The Morgan fingerprint density at radius 2 is 1.87 bits per heavy atom. The third-order valence-electron chi connectivity index (χ3n) is 3.17. The molecule has 0 fully saturated rings. The summed E-state index contributed by atoms with van der Waals surface area (Å²) in [5, 5.41) is 13.9. The molecule has 1 N–H and O–H groups in total. The van der Waals surface area contributed by atoms with Gasteiger partial charge in [0.1, 0.15) is 11.3 Å². The van der Waals surface area contributed by atoms with E-state index in [1.54, 1.807) is 12.1 Å². The summed E-state index contributed by atoms with van der Waals surface area (Å²) in [6.45, 7) is 0. The van der Waals surface area contributed by atoms with E-state index < -0.39 is 11.7 Å². The van der Waals surface area contributed by atoms with Crippen molar-refractivity contribution in [1.29, 1.82) is 0 Å². The number of halogens is 4. The van der Waals surface area contributed by atoms with Crippen molar-refractivity contribution in [3.63, 3.8) is 0 Å². The van der Waals surface area contributed by atoms with E-state index in [9.17, 15) is 18.3 Å². The molecule has 2 aromatic heterocycles. The van der Waals surface area contributed by atoms with Crippen molar-refractivity contribution in [3.05, 3.63) is 58.8 Å². The Hall–Kier alpha value is -2.35. The van der Waals surface area contributed by atoms with Crippen molar-refractivity contribution < 1.29 is 18.3 Å². The molecular formula is C15H9BrF3N3O. The minimum Gasteiger partial charge on any atom is -0.507 e. The van der Waals surface area contributed by atoms with Gasteiger partial charge in [-0.25, -0.2) is 9.67 Å². The number of rotatable bonds is 2. The van der Waals surface area contributed by atoms with Crippen LogP contribution in [0.25, 0.3) is 17.1 Å². The number of nitrogens with zero attached hydrogens (tertiary/aromatic N) is 3. The molecule has 0 amide bonds. The average Bonchev–Trinajstić information content (AvgIpc) is 2.98. The van der Waals surface area contributed by atoms with Crippen LogP contribution >= 0.6 is 15.9 Å². The maximum atomic E-state index is 13.2. The lowest BCUT2D eigenvalue weighted by molar-refractivity contribution is -0.137. The molecule has 1 aromatic carbocycles. The molecule has 0 saturated heterocycles. The minimum atomic E-state index is -4.56. The Labute approximate surface area is 137 Å².